The van der Waals surface area contributed by atoms with Crippen molar-refractivity contribution in [1.29, 1.82) is 0 Å². The predicted molar refractivity (Wildman–Crippen MR) is 109 cm³/mol. The number of hydrogen-bond donors (Lipinski definition) is 0. The second kappa shape index (κ2) is 8.80. The minimum atomic E-state index is -3.43. The summed E-state index contributed by atoms with van der Waals surface area (Å²) in [5.74, 6) is -2.52. The summed E-state index contributed by atoms with van der Waals surface area (Å²) in [4.78, 5) is 20.4. The van der Waals surface area contributed by atoms with Gasteiger partial charge >= 0.3 is 0 Å². The van der Waals surface area contributed by atoms with Crippen molar-refractivity contribution in [2.75, 3.05) is 12.9 Å². The van der Waals surface area contributed by atoms with Crippen LogP contribution in [-0.2, 0) is 22.6 Å². The molecule has 0 N–H and O–H groups in total. The summed E-state index contributed by atoms with van der Waals surface area (Å²) in [5, 5.41) is 0. The molecule has 0 atom stereocenters. The van der Waals surface area contributed by atoms with E-state index in [1.165, 1.54) is 44.1 Å². The van der Waals surface area contributed by atoms with Crippen LogP contribution >= 0.6 is 0 Å². The predicted octanol–water partition coefficient (Wildman–Crippen LogP) is 2.86. The zero-order chi connectivity index (χ0) is 22.8. The molecule has 0 bridgehead atoms. The van der Waals surface area contributed by atoms with Crippen molar-refractivity contribution >= 4 is 9.84 Å². The number of benzene rings is 1. The lowest BCUT2D eigenvalue weighted by molar-refractivity contribution is 0.405. The summed E-state index contributed by atoms with van der Waals surface area (Å²) < 4.78 is 63.2. The molecule has 3 rings (SSSR count). The van der Waals surface area contributed by atoms with Crippen LogP contribution in [0.5, 0.6) is 17.2 Å². The summed E-state index contributed by atoms with van der Waals surface area (Å²) in [6.07, 6.45) is 2.64. The third-order valence-electron chi connectivity index (χ3n) is 4.35. The first-order valence-electron chi connectivity index (χ1n) is 9.07. The van der Waals surface area contributed by atoms with Crippen molar-refractivity contribution in [3.8, 4) is 28.5 Å². The number of halogens is 2. The first-order valence-corrected chi connectivity index (χ1v) is 10.9. The number of pyridine rings is 1. The van der Waals surface area contributed by atoms with Gasteiger partial charge in [0, 0.05) is 30.6 Å². The Morgan fingerprint density at radius 2 is 1.87 bits per heavy atom. The summed E-state index contributed by atoms with van der Waals surface area (Å²) in [6, 6.07) is 4.19. The van der Waals surface area contributed by atoms with E-state index in [1.54, 1.807) is 0 Å². The zero-order valence-electron chi connectivity index (χ0n) is 16.9. The fourth-order valence-electron chi connectivity index (χ4n) is 2.69. The smallest absolute Gasteiger partial charge is 0.292 e. The van der Waals surface area contributed by atoms with Crippen LogP contribution in [0.15, 0.2) is 41.5 Å². The molecule has 0 aliphatic carbocycles. The fourth-order valence-corrected chi connectivity index (χ4v) is 3.43. The molecule has 0 saturated heterocycles. The molecule has 2 heterocycles. The zero-order valence-corrected chi connectivity index (χ0v) is 17.7. The summed E-state index contributed by atoms with van der Waals surface area (Å²) in [5.41, 5.74) is 0.0454. The molecule has 0 fully saturated rings. The van der Waals surface area contributed by atoms with Gasteiger partial charge in [0.05, 0.1) is 13.3 Å². The third-order valence-corrected chi connectivity index (χ3v) is 5.93. The van der Waals surface area contributed by atoms with E-state index >= 15 is 0 Å². The Morgan fingerprint density at radius 3 is 2.52 bits per heavy atom. The minimum absolute atomic E-state index is 0.00315. The molecule has 0 saturated carbocycles. The molecule has 164 valence electrons. The van der Waals surface area contributed by atoms with Gasteiger partial charge in [-0.3, -0.25) is 4.79 Å². The summed E-state index contributed by atoms with van der Waals surface area (Å²) in [6.45, 7) is 1.50. The first-order chi connectivity index (χ1) is 14.6. The SMILES string of the molecule is CCS(=O)(=O)Cc1ncc(Oc2ccc(F)cc2F)c(-c2cc(OC)c(=O)n(C)c2)n1. The van der Waals surface area contributed by atoms with E-state index < -0.39 is 32.8 Å². The van der Waals surface area contributed by atoms with Gasteiger partial charge in [0.15, 0.2) is 32.9 Å². The molecule has 1 aromatic carbocycles. The van der Waals surface area contributed by atoms with Gasteiger partial charge in [0.25, 0.3) is 5.56 Å². The van der Waals surface area contributed by atoms with Gasteiger partial charge in [-0.05, 0) is 18.2 Å². The molecule has 2 aromatic heterocycles. The number of nitrogens with zero attached hydrogens (tertiary/aromatic N) is 3. The van der Waals surface area contributed by atoms with Gasteiger partial charge in [0.1, 0.15) is 23.1 Å². The van der Waals surface area contributed by atoms with E-state index in [9.17, 15) is 22.0 Å². The molecule has 0 amide bonds. The molecule has 0 aliphatic rings. The van der Waals surface area contributed by atoms with Gasteiger partial charge in [0.2, 0.25) is 0 Å². The number of rotatable bonds is 7. The fraction of sp³-hybridized carbons (Fsp3) is 0.250. The molecule has 0 spiro atoms. The average molecular weight is 451 g/mol. The van der Waals surface area contributed by atoms with Crippen molar-refractivity contribution in [1.82, 2.24) is 14.5 Å². The van der Waals surface area contributed by atoms with Gasteiger partial charge in [-0.1, -0.05) is 6.92 Å². The lowest BCUT2D eigenvalue weighted by atomic mass is 10.1. The van der Waals surface area contributed by atoms with E-state index in [1.807, 2.05) is 0 Å². The highest BCUT2D eigenvalue weighted by Gasteiger charge is 2.19. The Labute approximate surface area is 177 Å². The molecule has 11 heteroatoms. The maximum absolute atomic E-state index is 14.1. The molecule has 0 aliphatic heterocycles. The maximum atomic E-state index is 14.1. The van der Waals surface area contributed by atoms with Crippen LogP contribution in [0.25, 0.3) is 11.3 Å². The van der Waals surface area contributed by atoms with Crippen LogP contribution in [0.2, 0.25) is 0 Å². The van der Waals surface area contributed by atoms with E-state index in [-0.39, 0.29) is 34.5 Å². The largest absolute Gasteiger partial charge is 0.491 e. The highest BCUT2D eigenvalue weighted by atomic mass is 32.2. The Bertz CT molecular complexity index is 1290. The molecule has 31 heavy (non-hydrogen) atoms. The van der Waals surface area contributed by atoms with Crippen molar-refractivity contribution in [3.05, 3.63) is 64.5 Å². The molecule has 0 unspecified atom stereocenters. The minimum Gasteiger partial charge on any atom is -0.491 e. The Balaban J connectivity index is 2.17. The molecular formula is C20H19F2N3O5S. The van der Waals surface area contributed by atoms with E-state index in [2.05, 4.69) is 9.97 Å². The van der Waals surface area contributed by atoms with E-state index in [0.717, 1.165) is 12.1 Å². The van der Waals surface area contributed by atoms with Gasteiger partial charge < -0.3 is 14.0 Å². The van der Waals surface area contributed by atoms with Crippen molar-refractivity contribution in [2.45, 2.75) is 12.7 Å². The quantitative estimate of drug-likeness (QED) is 0.545. The molecule has 3 aromatic rings. The number of aromatic nitrogens is 3. The maximum Gasteiger partial charge on any atom is 0.292 e. The second-order valence-electron chi connectivity index (χ2n) is 6.57. The third kappa shape index (κ3) is 5.05. The van der Waals surface area contributed by atoms with Crippen LogP contribution < -0.4 is 15.0 Å². The van der Waals surface area contributed by atoms with Crippen molar-refractivity contribution in [3.63, 3.8) is 0 Å². The normalized spacial score (nSPS) is 11.4. The monoisotopic (exact) mass is 451 g/mol. The van der Waals surface area contributed by atoms with Crippen LogP contribution in [0.1, 0.15) is 12.7 Å². The van der Waals surface area contributed by atoms with Crippen molar-refractivity contribution in [2.24, 2.45) is 7.05 Å². The molecule has 8 nitrogen and oxygen atoms in total. The van der Waals surface area contributed by atoms with Crippen LogP contribution in [0.3, 0.4) is 0 Å². The Kier molecular flexibility index (Phi) is 6.34. The van der Waals surface area contributed by atoms with Crippen LogP contribution in [0, 0.1) is 11.6 Å². The first kappa shape index (κ1) is 22.3. The van der Waals surface area contributed by atoms with Gasteiger partial charge in [-0.15, -0.1) is 0 Å². The van der Waals surface area contributed by atoms with E-state index in [4.69, 9.17) is 9.47 Å². The number of hydrogen-bond acceptors (Lipinski definition) is 7. The number of sulfone groups is 1. The van der Waals surface area contributed by atoms with E-state index in [0.29, 0.717) is 11.6 Å². The second-order valence-corrected chi connectivity index (χ2v) is 8.92. The molecular weight excluding hydrogens is 432 g/mol. The average Bonchev–Trinajstić information content (AvgIpc) is 2.72. The van der Waals surface area contributed by atoms with Crippen molar-refractivity contribution < 1.29 is 26.7 Å². The highest BCUT2D eigenvalue weighted by molar-refractivity contribution is 7.90. The summed E-state index contributed by atoms with van der Waals surface area (Å²) in [7, 11) is -0.607. The standard InChI is InChI=1S/C20H19F2N3O5S/c1-4-31(27,28)11-18-23-9-17(30-15-6-5-13(21)8-14(15)22)19(24-18)12-7-16(29-3)20(26)25(2)10-12/h5-10H,4,11H2,1-3H3. The number of methoxy groups -OCH3 is 1. The van der Waals surface area contributed by atoms with Crippen LogP contribution in [-0.4, -0.2) is 35.8 Å². The summed E-state index contributed by atoms with van der Waals surface area (Å²) >= 11 is 0. The number of ether oxygens (including phenoxy) is 2. The Hall–Kier alpha value is -3.34. The lowest BCUT2D eigenvalue weighted by Crippen LogP contribution is -2.18. The van der Waals surface area contributed by atoms with Crippen LogP contribution in [0.4, 0.5) is 8.78 Å². The van der Waals surface area contributed by atoms with Gasteiger partial charge in [-0.25, -0.2) is 27.2 Å². The Morgan fingerprint density at radius 1 is 1.13 bits per heavy atom. The topological polar surface area (TPSA) is 100 Å². The highest BCUT2D eigenvalue weighted by Crippen LogP contribution is 2.33. The lowest BCUT2D eigenvalue weighted by Gasteiger charge is -2.14. The number of aryl methyl sites for hydroxylation is 1. The van der Waals surface area contributed by atoms with Gasteiger partial charge in [-0.2, -0.15) is 0 Å². The molecule has 0 radical (unpaired) electrons.